The van der Waals surface area contributed by atoms with Gasteiger partial charge in [0, 0.05) is 57.3 Å². The van der Waals surface area contributed by atoms with E-state index in [0.29, 0.717) is 5.95 Å². The highest BCUT2D eigenvalue weighted by atomic mass is 16.3. The summed E-state index contributed by atoms with van der Waals surface area (Å²) in [7, 11) is 0. The number of hydrogen-bond donors (Lipinski definition) is 2. The van der Waals surface area contributed by atoms with Gasteiger partial charge in [-0.1, -0.05) is 18.2 Å². The van der Waals surface area contributed by atoms with E-state index in [2.05, 4.69) is 43.3 Å². The average molecular weight is 313 g/mol. The Morgan fingerprint density at radius 2 is 1.65 bits per heavy atom. The number of aromatic nitrogens is 2. The highest BCUT2D eigenvalue weighted by molar-refractivity contribution is 5.58. The van der Waals surface area contributed by atoms with Gasteiger partial charge in [-0.3, -0.25) is 9.80 Å². The van der Waals surface area contributed by atoms with Crippen LogP contribution in [0.2, 0.25) is 0 Å². The van der Waals surface area contributed by atoms with Gasteiger partial charge in [-0.15, -0.1) is 0 Å². The molecule has 0 saturated carbocycles. The Bertz CT molecular complexity index is 599. The summed E-state index contributed by atoms with van der Waals surface area (Å²) in [6.07, 6.45) is 3.47. The fraction of sp³-hybridized carbons (Fsp3) is 0.412. The van der Waals surface area contributed by atoms with E-state index in [1.54, 1.807) is 12.4 Å². The van der Waals surface area contributed by atoms with Crippen LogP contribution in [-0.4, -0.2) is 64.2 Å². The molecule has 6 heteroatoms. The number of β-amino-alcohol motifs (C(OH)–C–C–N with tert-alkyl or cyclic N) is 1. The second-order valence-electron chi connectivity index (χ2n) is 5.70. The number of nitrogens with zero attached hydrogens (tertiary/aromatic N) is 4. The molecule has 2 N–H and O–H groups in total. The molecule has 2 heterocycles. The van der Waals surface area contributed by atoms with Crippen LogP contribution in [0.1, 0.15) is 5.56 Å². The zero-order valence-electron chi connectivity index (χ0n) is 13.2. The van der Waals surface area contributed by atoms with Crippen molar-refractivity contribution < 1.29 is 5.11 Å². The van der Waals surface area contributed by atoms with Crippen LogP contribution >= 0.6 is 0 Å². The van der Waals surface area contributed by atoms with Crippen molar-refractivity contribution in [1.29, 1.82) is 0 Å². The van der Waals surface area contributed by atoms with Crippen molar-refractivity contribution in [1.82, 2.24) is 19.8 Å². The molecule has 1 saturated heterocycles. The molecule has 6 nitrogen and oxygen atoms in total. The highest BCUT2D eigenvalue weighted by Gasteiger charge is 2.17. The van der Waals surface area contributed by atoms with E-state index in [1.807, 2.05) is 12.1 Å². The minimum absolute atomic E-state index is 0.240. The predicted molar refractivity (Wildman–Crippen MR) is 90.6 cm³/mol. The molecule has 0 aliphatic carbocycles. The zero-order valence-corrected chi connectivity index (χ0v) is 13.2. The van der Waals surface area contributed by atoms with Gasteiger partial charge in [0.15, 0.2) is 0 Å². The lowest BCUT2D eigenvalue weighted by Crippen LogP contribution is -2.46. The minimum atomic E-state index is 0.240. The van der Waals surface area contributed by atoms with Crippen molar-refractivity contribution >= 4 is 11.6 Å². The first kappa shape index (κ1) is 15.9. The van der Waals surface area contributed by atoms with Gasteiger partial charge in [0.25, 0.3) is 0 Å². The zero-order chi connectivity index (χ0) is 15.9. The number of rotatable bonds is 6. The second kappa shape index (κ2) is 8.01. The van der Waals surface area contributed by atoms with Gasteiger partial charge in [0.1, 0.15) is 0 Å². The van der Waals surface area contributed by atoms with Gasteiger partial charge >= 0.3 is 0 Å². The third-order valence-electron chi connectivity index (χ3n) is 4.10. The second-order valence-corrected chi connectivity index (χ2v) is 5.70. The molecule has 1 fully saturated rings. The highest BCUT2D eigenvalue weighted by Crippen LogP contribution is 2.20. The first-order valence-electron chi connectivity index (χ1n) is 8.02. The van der Waals surface area contributed by atoms with Gasteiger partial charge in [-0.2, -0.15) is 0 Å². The first-order valence-corrected chi connectivity index (χ1v) is 8.02. The van der Waals surface area contributed by atoms with Crippen molar-refractivity contribution in [3.05, 3.63) is 48.3 Å². The van der Waals surface area contributed by atoms with E-state index in [9.17, 15) is 0 Å². The normalized spacial score (nSPS) is 16.4. The summed E-state index contributed by atoms with van der Waals surface area (Å²) in [5.74, 6) is 0.618. The van der Waals surface area contributed by atoms with Crippen LogP contribution in [0.3, 0.4) is 0 Å². The largest absolute Gasteiger partial charge is 0.395 e. The SMILES string of the molecule is OCCN1CCN(Cc2ccccc2Nc2ncccn2)CC1. The van der Waals surface area contributed by atoms with Gasteiger partial charge in [0.2, 0.25) is 5.95 Å². The minimum Gasteiger partial charge on any atom is -0.395 e. The number of hydrogen-bond acceptors (Lipinski definition) is 6. The summed E-state index contributed by atoms with van der Waals surface area (Å²) in [6.45, 7) is 5.99. The summed E-state index contributed by atoms with van der Waals surface area (Å²) in [6, 6.07) is 10.1. The van der Waals surface area contributed by atoms with E-state index in [1.165, 1.54) is 5.56 Å². The molecule has 23 heavy (non-hydrogen) atoms. The molecule has 0 spiro atoms. The summed E-state index contributed by atoms with van der Waals surface area (Å²) in [5, 5.41) is 12.3. The van der Waals surface area contributed by atoms with Crippen LogP contribution in [0.5, 0.6) is 0 Å². The molecule has 1 aliphatic heterocycles. The molecule has 0 amide bonds. The fourth-order valence-corrected chi connectivity index (χ4v) is 2.82. The first-order chi connectivity index (χ1) is 11.3. The molecule has 0 atom stereocenters. The molecule has 1 aromatic heterocycles. The number of aliphatic hydroxyl groups excluding tert-OH is 1. The number of anilines is 2. The molecule has 0 unspecified atom stereocenters. The molecule has 122 valence electrons. The third kappa shape index (κ3) is 4.48. The van der Waals surface area contributed by atoms with Crippen LogP contribution in [0.4, 0.5) is 11.6 Å². The maximum Gasteiger partial charge on any atom is 0.227 e. The standard InChI is InChI=1S/C17H23N5O/c23-13-12-21-8-10-22(11-9-21)14-15-4-1-2-5-16(15)20-17-18-6-3-7-19-17/h1-7,23H,8-14H2,(H,18,19,20). The van der Waals surface area contributed by atoms with E-state index >= 15 is 0 Å². The summed E-state index contributed by atoms with van der Waals surface area (Å²) in [5.41, 5.74) is 2.30. The summed E-state index contributed by atoms with van der Waals surface area (Å²) >= 11 is 0. The van der Waals surface area contributed by atoms with Crippen LogP contribution in [0.15, 0.2) is 42.7 Å². The van der Waals surface area contributed by atoms with E-state index in [-0.39, 0.29) is 6.61 Å². The van der Waals surface area contributed by atoms with Crippen LogP contribution in [0.25, 0.3) is 0 Å². The summed E-state index contributed by atoms with van der Waals surface area (Å²) < 4.78 is 0. The van der Waals surface area contributed by atoms with Crippen molar-refractivity contribution in [2.24, 2.45) is 0 Å². The summed E-state index contributed by atoms with van der Waals surface area (Å²) in [4.78, 5) is 13.2. The Labute approximate surface area is 136 Å². The lowest BCUT2D eigenvalue weighted by atomic mass is 10.1. The van der Waals surface area contributed by atoms with Crippen molar-refractivity contribution in [3.8, 4) is 0 Å². The van der Waals surface area contributed by atoms with Crippen molar-refractivity contribution in [3.63, 3.8) is 0 Å². The fourth-order valence-electron chi connectivity index (χ4n) is 2.82. The van der Waals surface area contributed by atoms with E-state index < -0.39 is 0 Å². The predicted octanol–water partition coefficient (Wildman–Crippen LogP) is 1.33. The van der Waals surface area contributed by atoms with Crippen LogP contribution < -0.4 is 5.32 Å². The van der Waals surface area contributed by atoms with Crippen molar-refractivity contribution in [2.75, 3.05) is 44.6 Å². The molecular weight excluding hydrogens is 290 g/mol. The number of para-hydroxylation sites is 1. The molecule has 3 rings (SSSR count). The molecule has 1 aliphatic rings. The number of aliphatic hydroxyl groups is 1. The number of nitrogens with one attached hydrogen (secondary N) is 1. The monoisotopic (exact) mass is 313 g/mol. The Hall–Kier alpha value is -2.02. The molecule has 1 aromatic carbocycles. The van der Waals surface area contributed by atoms with Crippen LogP contribution in [-0.2, 0) is 6.54 Å². The smallest absolute Gasteiger partial charge is 0.227 e. The molecule has 0 bridgehead atoms. The molecule has 2 aromatic rings. The molecule has 0 radical (unpaired) electrons. The van der Waals surface area contributed by atoms with Crippen molar-refractivity contribution in [2.45, 2.75) is 6.54 Å². The van der Waals surface area contributed by atoms with Gasteiger partial charge in [0.05, 0.1) is 6.61 Å². The van der Waals surface area contributed by atoms with E-state index in [0.717, 1.165) is 45.0 Å². The maximum absolute atomic E-state index is 9.02. The Morgan fingerprint density at radius 1 is 0.957 bits per heavy atom. The maximum atomic E-state index is 9.02. The van der Waals surface area contributed by atoms with E-state index in [4.69, 9.17) is 5.11 Å². The van der Waals surface area contributed by atoms with Gasteiger partial charge < -0.3 is 10.4 Å². The Balaban J connectivity index is 1.62. The van der Waals surface area contributed by atoms with Gasteiger partial charge in [-0.25, -0.2) is 9.97 Å². The third-order valence-corrected chi connectivity index (χ3v) is 4.10. The Kier molecular flexibility index (Phi) is 5.52. The lowest BCUT2D eigenvalue weighted by molar-refractivity contribution is 0.108. The number of benzene rings is 1. The van der Waals surface area contributed by atoms with Crippen LogP contribution in [0, 0.1) is 0 Å². The topological polar surface area (TPSA) is 64.5 Å². The number of piperazine rings is 1. The molecular formula is C17H23N5O. The Morgan fingerprint density at radius 3 is 2.39 bits per heavy atom. The van der Waals surface area contributed by atoms with Gasteiger partial charge in [-0.05, 0) is 17.7 Å². The lowest BCUT2D eigenvalue weighted by Gasteiger charge is -2.34. The quantitative estimate of drug-likeness (QED) is 0.839. The average Bonchev–Trinajstić information content (AvgIpc) is 2.60.